The van der Waals surface area contributed by atoms with Crippen molar-refractivity contribution in [1.29, 1.82) is 0 Å². The second-order valence-corrected chi connectivity index (χ2v) is 5.71. The lowest BCUT2D eigenvalue weighted by Gasteiger charge is -2.34. The van der Waals surface area contributed by atoms with E-state index in [1.54, 1.807) is 0 Å². The largest absolute Gasteiger partial charge is 0.397 e. The molecule has 0 radical (unpaired) electrons. The number of benzene rings is 1. The summed E-state index contributed by atoms with van der Waals surface area (Å²) in [6.45, 7) is 7.81. The Bertz CT molecular complexity index is 479. The summed E-state index contributed by atoms with van der Waals surface area (Å²) in [4.78, 5) is 16.3. The molecule has 0 spiro atoms. The lowest BCUT2D eigenvalue weighted by molar-refractivity contribution is -0.118. The van der Waals surface area contributed by atoms with E-state index in [1.807, 2.05) is 32.0 Å². The van der Waals surface area contributed by atoms with Crippen LogP contribution in [0.5, 0.6) is 0 Å². The molecule has 0 bridgehead atoms. The number of nitrogen functional groups attached to an aromatic ring is 1. The third kappa shape index (κ3) is 3.42. The Morgan fingerprint density at radius 3 is 2.45 bits per heavy atom. The summed E-state index contributed by atoms with van der Waals surface area (Å²) in [6.07, 6.45) is 0. The SMILES string of the molecule is CC(C)C(=O)Nc1ccc(N2CCN(C)CC2)c(N)c1. The van der Waals surface area contributed by atoms with Crippen molar-refractivity contribution in [3.05, 3.63) is 18.2 Å². The lowest BCUT2D eigenvalue weighted by atomic mass is 10.1. The summed E-state index contributed by atoms with van der Waals surface area (Å²) in [5, 5.41) is 2.87. The van der Waals surface area contributed by atoms with E-state index in [9.17, 15) is 4.79 Å². The summed E-state index contributed by atoms with van der Waals surface area (Å²) in [7, 11) is 2.13. The fourth-order valence-electron chi connectivity index (χ4n) is 2.25. The van der Waals surface area contributed by atoms with E-state index in [-0.39, 0.29) is 11.8 Å². The molecule has 1 aromatic rings. The Hall–Kier alpha value is -1.75. The van der Waals surface area contributed by atoms with Crippen molar-refractivity contribution in [2.45, 2.75) is 13.8 Å². The van der Waals surface area contributed by atoms with Crippen LogP contribution in [0.25, 0.3) is 0 Å². The van der Waals surface area contributed by atoms with Gasteiger partial charge in [0.25, 0.3) is 0 Å². The van der Waals surface area contributed by atoms with E-state index in [4.69, 9.17) is 5.73 Å². The van der Waals surface area contributed by atoms with Crippen molar-refractivity contribution in [2.24, 2.45) is 5.92 Å². The van der Waals surface area contributed by atoms with Crippen LogP contribution in [-0.2, 0) is 4.79 Å². The predicted octanol–water partition coefficient (Wildman–Crippen LogP) is 1.62. The van der Waals surface area contributed by atoms with Gasteiger partial charge < -0.3 is 20.9 Å². The van der Waals surface area contributed by atoms with Gasteiger partial charge in [-0.2, -0.15) is 0 Å². The van der Waals surface area contributed by atoms with E-state index in [0.717, 1.165) is 43.2 Å². The predicted molar refractivity (Wildman–Crippen MR) is 84.0 cm³/mol. The van der Waals surface area contributed by atoms with Gasteiger partial charge in [0.1, 0.15) is 0 Å². The molecular weight excluding hydrogens is 252 g/mol. The molecule has 20 heavy (non-hydrogen) atoms. The number of likely N-dealkylation sites (N-methyl/N-ethyl adjacent to an activating group) is 1. The first-order valence-corrected chi connectivity index (χ1v) is 7.11. The number of anilines is 3. The Kier molecular flexibility index (Phi) is 4.49. The Morgan fingerprint density at radius 1 is 1.25 bits per heavy atom. The summed E-state index contributed by atoms with van der Waals surface area (Å²) < 4.78 is 0. The van der Waals surface area contributed by atoms with Gasteiger partial charge in [0.2, 0.25) is 5.91 Å². The fourth-order valence-corrected chi connectivity index (χ4v) is 2.25. The highest BCUT2D eigenvalue weighted by molar-refractivity contribution is 5.93. The van der Waals surface area contributed by atoms with Crippen LogP contribution in [0, 0.1) is 5.92 Å². The molecule has 0 atom stereocenters. The maximum absolute atomic E-state index is 11.7. The maximum Gasteiger partial charge on any atom is 0.226 e. The highest BCUT2D eigenvalue weighted by atomic mass is 16.1. The van der Waals surface area contributed by atoms with Gasteiger partial charge in [-0.05, 0) is 25.2 Å². The van der Waals surface area contributed by atoms with E-state index in [1.165, 1.54) is 0 Å². The monoisotopic (exact) mass is 276 g/mol. The van der Waals surface area contributed by atoms with Gasteiger partial charge in [-0.15, -0.1) is 0 Å². The van der Waals surface area contributed by atoms with Crippen molar-refractivity contribution >= 4 is 23.0 Å². The smallest absolute Gasteiger partial charge is 0.226 e. The molecule has 1 heterocycles. The summed E-state index contributed by atoms with van der Waals surface area (Å²) in [5.74, 6) is -0.0229. The lowest BCUT2D eigenvalue weighted by Crippen LogP contribution is -2.44. The van der Waals surface area contributed by atoms with Crippen molar-refractivity contribution in [3.63, 3.8) is 0 Å². The molecule has 1 aliphatic rings. The number of hydrogen-bond donors (Lipinski definition) is 2. The molecule has 1 saturated heterocycles. The summed E-state index contributed by atoms with van der Waals surface area (Å²) in [5.41, 5.74) is 8.67. The standard InChI is InChI=1S/C15H24N4O/c1-11(2)15(20)17-12-4-5-14(13(16)10-12)19-8-6-18(3)7-9-19/h4-5,10-11H,6-9,16H2,1-3H3,(H,17,20). The molecule has 0 aliphatic carbocycles. The number of piperazine rings is 1. The fraction of sp³-hybridized carbons (Fsp3) is 0.533. The minimum absolute atomic E-state index is 0.0109. The molecule has 5 nitrogen and oxygen atoms in total. The number of rotatable bonds is 3. The number of hydrogen-bond acceptors (Lipinski definition) is 4. The van der Waals surface area contributed by atoms with Crippen LogP contribution in [0.4, 0.5) is 17.1 Å². The van der Waals surface area contributed by atoms with Crippen LogP contribution in [0.2, 0.25) is 0 Å². The highest BCUT2D eigenvalue weighted by Crippen LogP contribution is 2.27. The van der Waals surface area contributed by atoms with Gasteiger partial charge in [-0.1, -0.05) is 13.8 Å². The molecular formula is C15H24N4O. The molecule has 1 aliphatic heterocycles. The number of amides is 1. The maximum atomic E-state index is 11.7. The third-order valence-electron chi connectivity index (χ3n) is 3.66. The Labute approximate surface area is 120 Å². The molecule has 1 aromatic carbocycles. The van der Waals surface area contributed by atoms with Crippen LogP contribution in [0.15, 0.2) is 18.2 Å². The van der Waals surface area contributed by atoms with Gasteiger partial charge in [0, 0.05) is 37.8 Å². The third-order valence-corrected chi connectivity index (χ3v) is 3.66. The van der Waals surface area contributed by atoms with E-state index < -0.39 is 0 Å². The van der Waals surface area contributed by atoms with Crippen LogP contribution in [-0.4, -0.2) is 44.0 Å². The van der Waals surface area contributed by atoms with Gasteiger partial charge in [0.15, 0.2) is 0 Å². The zero-order valence-corrected chi connectivity index (χ0v) is 12.5. The first kappa shape index (κ1) is 14.7. The molecule has 1 fully saturated rings. The zero-order valence-electron chi connectivity index (χ0n) is 12.5. The number of nitrogens with zero attached hydrogens (tertiary/aromatic N) is 2. The Morgan fingerprint density at radius 2 is 1.90 bits per heavy atom. The molecule has 0 aromatic heterocycles. The number of nitrogens with two attached hydrogens (primary N) is 1. The normalized spacial score (nSPS) is 16.5. The number of nitrogens with one attached hydrogen (secondary N) is 1. The Balaban J connectivity index is 2.08. The van der Waals surface area contributed by atoms with Crippen LogP contribution >= 0.6 is 0 Å². The van der Waals surface area contributed by atoms with Crippen molar-refractivity contribution in [2.75, 3.05) is 49.2 Å². The average Bonchev–Trinajstić information content (AvgIpc) is 2.40. The molecule has 3 N–H and O–H groups in total. The molecule has 0 unspecified atom stereocenters. The summed E-state index contributed by atoms with van der Waals surface area (Å²) >= 11 is 0. The second kappa shape index (κ2) is 6.13. The molecule has 110 valence electrons. The van der Waals surface area contributed by atoms with E-state index in [0.29, 0.717) is 0 Å². The zero-order chi connectivity index (χ0) is 14.7. The molecule has 0 saturated carbocycles. The number of carbonyl (C=O) groups is 1. The summed E-state index contributed by atoms with van der Waals surface area (Å²) in [6, 6.07) is 5.76. The van der Waals surface area contributed by atoms with Gasteiger partial charge in [-0.25, -0.2) is 0 Å². The van der Waals surface area contributed by atoms with Gasteiger partial charge in [0.05, 0.1) is 11.4 Å². The van der Waals surface area contributed by atoms with Crippen LogP contribution in [0.3, 0.4) is 0 Å². The van der Waals surface area contributed by atoms with E-state index in [2.05, 4.69) is 22.2 Å². The molecule has 2 rings (SSSR count). The van der Waals surface area contributed by atoms with Crippen molar-refractivity contribution in [3.8, 4) is 0 Å². The number of carbonyl (C=O) groups excluding carboxylic acids is 1. The topological polar surface area (TPSA) is 61.6 Å². The van der Waals surface area contributed by atoms with Gasteiger partial charge >= 0.3 is 0 Å². The molecule has 5 heteroatoms. The average molecular weight is 276 g/mol. The molecule has 1 amide bonds. The highest BCUT2D eigenvalue weighted by Gasteiger charge is 2.16. The first-order valence-electron chi connectivity index (χ1n) is 7.11. The van der Waals surface area contributed by atoms with Crippen molar-refractivity contribution < 1.29 is 4.79 Å². The first-order chi connectivity index (χ1) is 9.47. The van der Waals surface area contributed by atoms with Gasteiger partial charge in [-0.3, -0.25) is 4.79 Å². The van der Waals surface area contributed by atoms with Crippen LogP contribution < -0.4 is 16.0 Å². The second-order valence-electron chi connectivity index (χ2n) is 5.71. The quantitative estimate of drug-likeness (QED) is 0.824. The van der Waals surface area contributed by atoms with E-state index >= 15 is 0 Å². The van der Waals surface area contributed by atoms with Crippen LogP contribution in [0.1, 0.15) is 13.8 Å². The minimum Gasteiger partial charge on any atom is -0.397 e. The minimum atomic E-state index is -0.0338. The van der Waals surface area contributed by atoms with Crippen molar-refractivity contribution in [1.82, 2.24) is 4.90 Å².